The zero-order valence-corrected chi connectivity index (χ0v) is 27.5. The number of hydrogen-bond acceptors (Lipinski definition) is 3. The van der Waals surface area contributed by atoms with Crippen LogP contribution in [0.25, 0.3) is 0 Å². The van der Waals surface area contributed by atoms with E-state index in [0.717, 1.165) is 64.2 Å². The molecule has 0 rings (SSSR count). The van der Waals surface area contributed by atoms with E-state index in [-0.39, 0.29) is 18.5 Å². The highest BCUT2D eigenvalue weighted by Crippen LogP contribution is 2.15. The molecule has 0 saturated carbocycles. The van der Waals surface area contributed by atoms with Crippen molar-refractivity contribution in [1.29, 1.82) is 0 Å². The first kappa shape index (κ1) is 39.9. The zero-order valence-electron chi connectivity index (χ0n) is 27.5. The lowest BCUT2D eigenvalue weighted by Gasteiger charge is -2.14. The number of rotatable bonds is 31. The molecule has 0 aliphatic heterocycles. The number of ether oxygens (including phenoxy) is 1. The molecule has 4 heteroatoms. The van der Waals surface area contributed by atoms with Crippen molar-refractivity contribution in [2.45, 2.75) is 180 Å². The number of hydrogen-bond donors (Lipinski definition) is 1. The standard InChI is InChI=1S/C38H66O4/c1-3-5-7-9-11-13-15-16-18-20-22-27-31-35-38(41)42-36(33-29-25-23-26-30-34-37(39)40)32-28-24-21-19-17-14-12-10-8-6-4-2/h12-15,19,21,28,32,36H,3-11,16-18,20,22-27,29-31,33-35H2,1-2H3,(H,39,40)/b14-12-,15-13-,21-19-,32-28-. The van der Waals surface area contributed by atoms with Gasteiger partial charge in [-0.25, -0.2) is 0 Å². The molecule has 0 aliphatic rings. The minimum absolute atomic E-state index is 0.0825. The molecule has 4 nitrogen and oxygen atoms in total. The molecule has 0 bridgehead atoms. The Morgan fingerprint density at radius 2 is 1.00 bits per heavy atom. The molecule has 0 saturated heterocycles. The molecule has 0 heterocycles. The Labute approximate surface area is 260 Å². The van der Waals surface area contributed by atoms with Crippen LogP contribution >= 0.6 is 0 Å². The molecule has 0 aromatic rings. The first-order chi connectivity index (χ1) is 20.6. The molecule has 0 aromatic heterocycles. The molecule has 0 aromatic carbocycles. The summed E-state index contributed by atoms with van der Waals surface area (Å²) in [7, 11) is 0. The summed E-state index contributed by atoms with van der Waals surface area (Å²) in [5.74, 6) is -0.800. The van der Waals surface area contributed by atoms with Crippen molar-refractivity contribution < 1.29 is 19.4 Å². The second-order valence-electron chi connectivity index (χ2n) is 11.7. The van der Waals surface area contributed by atoms with E-state index in [2.05, 4.69) is 62.5 Å². The Morgan fingerprint density at radius 1 is 0.548 bits per heavy atom. The fourth-order valence-corrected chi connectivity index (χ4v) is 4.87. The molecule has 1 unspecified atom stereocenters. The number of carbonyl (C=O) groups is 2. The number of carbonyl (C=O) groups excluding carboxylic acids is 1. The van der Waals surface area contributed by atoms with Crippen LogP contribution in [-0.2, 0) is 14.3 Å². The van der Waals surface area contributed by atoms with Crippen molar-refractivity contribution in [2.75, 3.05) is 0 Å². The van der Waals surface area contributed by atoms with Crippen LogP contribution in [0.1, 0.15) is 174 Å². The molecule has 1 atom stereocenters. The highest BCUT2D eigenvalue weighted by molar-refractivity contribution is 5.69. The van der Waals surface area contributed by atoms with Crippen LogP contribution in [0.4, 0.5) is 0 Å². The van der Waals surface area contributed by atoms with Gasteiger partial charge in [0.1, 0.15) is 6.10 Å². The van der Waals surface area contributed by atoms with E-state index in [9.17, 15) is 9.59 Å². The lowest BCUT2D eigenvalue weighted by molar-refractivity contribution is -0.147. The van der Waals surface area contributed by atoms with Gasteiger partial charge in [-0.05, 0) is 83.1 Å². The second kappa shape index (κ2) is 33.4. The minimum atomic E-state index is -0.718. The van der Waals surface area contributed by atoms with Gasteiger partial charge in [0, 0.05) is 12.8 Å². The van der Waals surface area contributed by atoms with Gasteiger partial charge in [-0.1, -0.05) is 127 Å². The smallest absolute Gasteiger partial charge is 0.306 e. The summed E-state index contributed by atoms with van der Waals surface area (Å²) in [5, 5.41) is 8.78. The fourth-order valence-electron chi connectivity index (χ4n) is 4.87. The van der Waals surface area contributed by atoms with Gasteiger partial charge in [0.15, 0.2) is 0 Å². The van der Waals surface area contributed by atoms with Crippen molar-refractivity contribution in [1.82, 2.24) is 0 Å². The molecule has 42 heavy (non-hydrogen) atoms. The van der Waals surface area contributed by atoms with Crippen molar-refractivity contribution in [3.05, 3.63) is 48.6 Å². The van der Waals surface area contributed by atoms with Crippen LogP contribution in [-0.4, -0.2) is 23.1 Å². The van der Waals surface area contributed by atoms with Crippen LogP contribution in [0.5, 0.6) is 0 Å². The Balaban J connectivity index is 4.24. The lowest BCUT2D eigenvalue weighted by atomic mass is 10.1. The topological polar surface area (TPSA) is 63.6 Å². The molecule has 0 radical (unpaired) electrons. The number of carboxylic acids is 1. The molecular weight excluding hydrogens is 520 g/mol. The molecule has 0 aliphatic carbocycles. The van der Waals surface area contributed by atoms with Crippen molar-refractivity contribution in [2.24, 2.45) is 0 Å². The van der Waals surface area contributed by atoms with E-state index in [0.29, 0.717) is 6.42 Å². The first-order valence-corrected chi connectivity index (χ1v) is 17.6. The largest absolute Gasteiger partial charge is 0.481 e. The predicted molar refractivity (Wildman–Crippen MR) is 181 cm³/mol. The minimum Gasteiger partial charge on any atom is -0.481 e. The monoisotopic (exact) mass is 586 g/mol. The average molecular weight is 587 g/mol. The third-order valence-electron chi connectivity index (χ3n) is 7.51. The summed E-state index contributed by atoms with van der Waals surface area (Å²) in [6.07, 6.45) is 44.1. The number of esters is 1. The van der Waals surface area contributed by atoms with Gasteiger partial charge in [0.05, 0.1) is 0 Å². The maximum atomic E-state index is 12.6. The van der Waals surface area contributed by atoms with Gasteiger partial charge in [-0.2, -0.15) is 0 Å². The Bertz CT molecular complexity index is 719. The van der Waals surface area contributed by atoms with Crippen molar-refractivity contribution in [3.8, 4) is 0 Å². The molecular formula is C38H66O4. The van der Waals surface area contributed by atoms with Crippen molar-refractivity contribution in [3.63, 3.8) is 0 Å². The SMILES string of the molecule is CCCCC/C=C\C/C=C\C/C=C\C(CCCCCCCC(=O)O)OC(=O)CCCCCCC/C=C\CCCCCC. The van der Waals surface area contributed by atoms with E-state index < -0.39 is 5.97 Å². The zero-order chi connectivity index (χ0) is 30.8. The summed E-state index contributed by atoms with van der Waals surface area (Å²) in [4.78, 5) is 23.2. The van der Waals surface area contributed by atoms with E-state index in [4.69, 9.17) is 9.84 Å². The summed E-state index contributed by atoms with van der Waals surface area (Å²) in [6, 6.07) is 0. The highest BCUT2D eigenvalue weighted by atomic mass is 16.5. The van der Waals surface area contributed by atoms with Gasteiger partial charge in [-0.3, -0.25) is 9.59 Å². The quantitative estimate of drug-likeness (QED) is 0.0498. The summed E-state index contributed by atoms with van der Waals surface area (Å²) in [6.45, 7) is 4.48. The van der Waals surface area contributed by atoms with E-state index >= 15 is 0 Å². The molecule has 0 fully saturated rings. The van der Waals surface area contributed by atoms with E-state index in [1.54, 1.807) is 0 Å². The highest BCUT2D eigenvalue weighted by Gasteiger charge is 2.11. The van der Waals surface area contributed by atoms with Crippen LogP contribution in [0.3, 0.4) is 0 Å². The summed E-state index contributed by atoms with van der Waals surface area (Å²) in [5.41, 5.74) is 0. The van der Waals surface area contributed by atoms with Gasteiger partial charge < -0.3 is 9.84 Å². The maximum Gasteiger partial charge on any atom is 0.306 e. The molecule has 0 amide bonds. The van der Waals surface area contributed by atoms with Crippen LogP contribution in [0.15, 0.2) is 48.6 Å². The number of carboxylic acid groups (broad SMARTS) is 1. The fraction of sp³-hybridized carbons (Fsp3) is 0.737. The second-order valence-corrected chi connectivity index (χ2v) is 11.7. The first-order valence-electron chi connectivity index (χ1n) is 17.6. The third-order valence-corrected chi connectivity index (χ3v) is 7.51. The van der Waals surface area contributed by atoms with Gasteiger partial charge in [-0.15, -0.1) is 0 Å². The summed E-state index contributed by atoms with van der Waals surface area (Å²) < 4.78 is 5.86. The summed E-state index contributed by atoms with van der Waals surface area (Å²) >= 11 is 0. The van der Waals surface area contributed by atoms with Gasteiger partial charge in [0.25, 0.3) is 0 Å². The third kappa shape index (κ3) is 32.4. The van der Waals surface area contributed by atoms with Crippen LogP contribution < -0.4 is 0 Å². The van der Waals surface area contributed by atoms with E-state index in [1.807, 2.05) is 0 Å². The Kier molecular flexibility index (Phi) is 31.7. The van der Waals surface area contributed by atoms with Crippen molar-refractivity contribution >= 4 is 11.9 Å². The number of allylic oxidation sites excluding steroid dienone is 7. The van der Waals surface area contributed by atoms with Gasteiger partial charge in [0.2, 0.25) is 0 Å². The van der Waals surface area contributed by atoms with Crippen LogP contribution in [0, 0.1) is 0 Å². The van der Waals surface area contributed by atoms with E-state index in [1.165, 1.54) is 83.5 Å². The predicted octanol–water partition coefficient (Wildman–Crippen LogP) is 12.0. The molecule has 0 spiro atoms. The number of aliphatic carboxylic acids is 1. The normalized spacial score (nSPS) is 12.8. The van der Waals surface area contributed by atoms with Gasteiger partial charge >= 0.3 is 11.9 Å². The maximum absolute atomic E-state index is 12.6. The molecule has 1 N–H and O–H groups in total. The molecule has 242 valence electrons. The number of unbranched alkanes of at least 4 members (excludes halogenated alkanes) is 16. The Hall–Kier alpha value is -2.10. The Morgan fingerprint density at radius 3 is 1.64 bits per heavy atom. The van der Waals surface area contributed by atoms with Crippen LogP contribution in [0.2, 0.25) is 0 Å². The lowest BCUT2D eigenvalue weighted by Crippen LogP contribution is -2.16. The average Bonchev–Trinajstić information content (AvgIpc) is 2.97.